The number of amides is 1. The first-order chi connectivity index (χ1) is 11.2. The molecule has 1 amide bonds. The van der Waals surface area contributed by atoms with Crippen molar-refractivity contribution in [3.8, 4) is 0 Å². The molecule has 0 rings (SSSR count). The van der Waals surface area contributed by atoms with Gasteiger partial charge in [0.15, 0.2) is 0 Å². The number of ether oxygens (including phenoxy) is 3. The first-order valence-electron chi connectivity index (χ1n) is 7.98. The average Bonchev–Trinajstić information content (AvgIpc) is 2.37. The van der Waals surface area contributed by atoms with Gasteiger partial charge in [-0.25, -0.2) is 14.4 Å². The zero-order valence-electron chi connectivity index (χ0n) is 15.8. The number of hydrogen-bond donors (Lipinski definition) is 3. The Kier molecular flexibility index (Phi) is 8.33. The van der Waals surface area contributed by atoms with E-state index in [-0.39, 0.29) is 13.2 Å². The SMILES string of the molecule is CC(C)(C)OC(=O)NCCCOCC(N)(C(=O)O)C(=O)OC(C)(C)C. The topological polar surface area (TPSA) is 137 Å². The number of carbonyl (C=O) groups is 3. The van der Waals surface area contributed by atoms with Gasteiger partial charge < -0.3 is 30.4 Å². The second-order valence-corrected chi connectivity index (χ2v) is 7.61. The molecule has 0 fully saturated rings. The van der Waals surface area contributed by atoms with Crippen LogP contribution >= 0.6 is 0 Å². The molecule has 0 bridgehead atoms. The molecule has 0 aliphatic heterocycles. The number of esters is 1. The van der Waals surface area contributed by atoms with Gasteiger partial charge in [0, 0.05) is 13.2 Å². The summed E-state index contributed by atoms with van der Waals surface area (Å²) in [6.45, 7) is 9.90. The van der Waals surface area contributed by atoms with E-state index >= 15 is 0 Å². The number of nitrogens with one attached hydrogen (secondary N) is 1. The molecule has 0 saturated carbocycles. The zero-order valence-corrected chi connectivity index (χ0v) is 15.8. The maximum atomic E-state index is 12.0. The molecule has 9 heteroatoms. The highest BCUT2D eigenvalue weighted by Crippen LogP contribution is 2.14. The predicted octanol–water partition coefficient (Wildman–Crippen LogP) is 1.04. The highest BCUT2D eigenvalue weighted by molar-refractivity contribution is 6.04. The fourth-order valence-electron chi connectivity index (χ4n) is 1.49. The second-order valence-electron chi connectivity index (χ2n) is 7.61. The molecule has 9 nitrogen and oxygen atoms in total. The average molecular weight is 362 g/mol. The molecule has 0 spiro atoms. The molecular weight excluding hydrogens is 332 g/mol. The minimum atomic E-state index is -2.29. The Morgan fingerprint density at radius 2 is 1.52 bits per heavy atom. The minimum Gasteiger partial charge on any atom is -0.479 e. The monoisotopic (exact) mass is 362 g/mol. The van der Waals surface area contributed by atoms with E-state index in [0.29, 0.717) is 6.42 Å². The number of hydrogen-bond acceptors (Lipinski definition) is 7. The Balaban J connectivity index is 4.28. The van der Waals surface area contributed by atoms with E-state index in [0.717, 1.165) is 0 Å². The largest absolute Gasteiger partial charge is 0.479 e. The van der Waals surface area contributed by atoms with Crippen molar-refractivity contribution in [2.24, 2.45) is 5.73 Å². The summed E-state index contributed by atoms with van der Waals surface area (Å²) in [6, 6.07) is 0. The van der Waals surface area contributed by atoms with Crippen molar-refractivity contribution in [1.29, 1.82) is 0 Å². The molecule has 0 aromatic rings. The van der Waals surface area contributed by atoms with Gasteiger partial charge in [-0.05, 0) is 48.0 Å². The molecule has 0 aromatic carbocycles. The van der Waals surface area contributed by atoms with E-state index < -0.39 is 41.4 Å². The standard InChI is InChI=1S/C16H30N2O7/c1-14(2,3)24-12(21)16(17,11(19)20)10-23-9-7-8-18-13(22)25-15(4,5)6/h7-10,17H2,1-6H3,(H,18,22)(H,19,20). The van der Waals surface area contributed by atoms with Crippen LogP contribution in [0, 0.1) is 0 Å². The van der Waals surface area contributed by atoms with Crippen LogP contribution in [0.3, 0.4) is 0 Å². The molecule has 0 aliphatic rings. The molecule has 0 radical (unpaired) electrons. The van der Waals surface area contributed by atoms with Crippen LogP contribution in [0.2, 0.25) is 0 Å². The molecule has 1 unspecified atom stereocenters. The molecular formula is C16H30N2O7. The lowest BCUT2D eigenvalue weighted by Gasteiger charge is -2.27. The lowest BCUT2D eigenvalue weighted by atomic mass is 10.0. The molecule has 0 saturated heterocycles. The summed E-state index contributed by atoms with van der Waals surface area (Å²) in [6.07, 6.45) is -0.163. The summed E-state index contributed by atoms with van der Waals surface area (Å²) in [5, 5.41) is 11.7. The van der Waals surface area contributed by atoms with E-state index in [1.807, 2.05) is 0 Å². The second kappa shape index (κ2) is 9.00. The van der Waals surface area contributed by atoms with Crippen molar-refractivity contribution in [3.63, 3.8) is 0 Å². The third-order valence-corrected chi connectivity index (χ3v) is 2.61. The Morgan fingerprint density at radius 3 is 1.96 bits per heavy atom. The third-order valence-electron chi connectivity index (χ3n) is 2.61. The van der Waals surface area contributed by atoms with Crippen LogP contribution in [0.4, 0.5) is 4.79 Å². The van der Waals surface area contributed by atoms with Crippen molar-refractivity contribution in [2.45, 2.75) is 64.7 Å². The summed E-state index contributed by atoms with van der Waals surface area (Å²) < 4.78 is 15.3. The molecule has 0 heterocycles. The molecule has 4 N–H and O–H groups in total. The van der Waals surface area contributed by atoms with E-state index in [4.69, 9.17) is 19.9 Å². The van der Waals surface area contributed by atoms with Crippen molar-refractivity contribution >= 4 is 18.0 Å². The number of carbonyl (C=O) groups excluding carboxylic acids is 2. The van der Waals surface area contributed by atoms with Crippen LogP contribution in [0.25, 0.3) is 0 Å². The molecule has 25 heavy (non-hydrogen) atoms. The molecule has 0 aliphatic carbocycles. The molecule has 1 atom stereocenters. The highest BCUT2D eigenvalue weighted by atomic mass is 16.6. The van der Waals surface area contributed by atoms with E-state index in [2.05, 4.69) is 5.32 Å². The maximum absolute atomic E-state index is 12.0. The number of rotatable bonds is 8. The van der Waals surface area contributed by atoms with Crippen LogP contribution in [0.15, 0.2) is 0 Å². The van der Waals surface area contributed by atoms with E-state index in [1.165, 1.54) is 0 Å². The number of alkyl carbamates (subject to hydrolysis) is 1. The Morgan fingerprint density at radius 1 is 1.00 bits per heavy atom. The van der Waals surface area contributed by atoms with Crippen LogP contribution in [-0.2, 0) is 23.8 Å². The first kappa shape index (κ1) is 23.1. The van der Waals surface area contributed by atoms with Crippen LogP contribution in [0.1, 0.15) is 48.0 Å². The van der Waals surface area contributed by atoms with Crippen LogP contribution in [0.5, 0.6) is 0 Å². The number of carboxylic acid groups (broad SMARTS) is 1. The van der Waals surface area contributed by atoms with Gasteiger partial charge in [-0.2, -0.15) is 0 Å². The lowest BCUT2D eigenvalue weighted by Crippen LogP contribution is -2.60. The zero-order chi connectivity index (χ0) is 19.9. The predicted molar refractivity (Wildman–Crippen MR) is 90.1 cm³/mol. The lowest BCUT2D eigenvalue weighted by molar-refractivity contribution is -0.172. The van der Waals surface area contributed by atoms with Gasteiger partial charge in [-0.1, -0.05) is 0 Å². The number of nitrogens with two attached hydrogens (primary N) is 1. The van der Waals surface area contributed by atoms with E-state index in [9.17, 15) is 19.5 Å². The Labute approximate surface area is 148 Å². The van der Waals surface area contributed by atoms with Crippen LogP contribution in [-0.4, -0.2) is 59.6 Å². The number of aliphatic carboxylic acids is 1. The summed E-state index contributed by atoms with van der Waals surface area (Å²) in [5.74, 6) is -2.60. The summed E-state index contributed by atoms with van der Waals surface area (Å²) >= 11 is 0. The van der Waals surface area contributed by atoms with Gasteiger partial charge in [0.1, 0.15) is 11.2 Å². The van der Waals surface area contributed by atoms with Gasteiger partial charge in [0.25, 0.3) is 0 Å². The Bertz CT molecular complexity index is 480. The smallest absolute Gasteiger partial charge is 0.407 e. The van der Waals surface area contributed by atoms with Gasteiger partial charge in [-0.15, -0.1) is 0 Å². The molecule has 146 valence electrons. The normalized spacial score (nSPS) is 14.4. The molecule has 0 aromatic heterocycles. The number of carboxylic acids is 1. The Hall–Kier alpha value is -1.87. The van der Waals surface area contributed by atoms with Gasteiger partial charge >= 0.3 is 18.0 Å². The van der Waals surface area contributed by atoms with Crippen molar-refractivity contribution in [3.05, 3.63) is 0 Å². The first-order valence-corrected chi connectivity index (χ1v) is 7.98. The third kappa shape index (κ3) is 9.88. The van der Waals surface area contributed by atoms with Crippen molar-refractivity contribution < 1.29 is 33.7 Å². The summed E-state index contributed by atoms with van der Waals surface area (Å²) in [5.41, 5.74) is 1.89. The van der Waals surface area contributed by atoms with E-state index in [1.54, 1.807) is 41.5 Å². The highest BCUT2D eigenvalue weighted by Gasteiger charge is 2.46. The van der Waals surface area contributed by atoms with Crippen molar-refractivity contribution in [2.75, 3.05) is 19.8 Å². The van der Waals surface area contributed by atoms with Gasteiger partial charge in [0.2, 0.25) is 5.54 Å². The quantitative estimate of drug-likeness (QED) is 0.331. The van der Waals surface area contributed by atoms with Gasteiger partial charge in [-0.3, -0.25) is 0 Å². The van der Waals surface area contributed by atoms with Gasteiger partial charge in [0.05, 0.1) is 6.61 Å². The summed E-state index contributed by atoms with van der Waals surface area (Å²) in [4.78, 5) is 34.7. The minimum absolute atomic E-state index is 0.102. The fraction of sp³-hybridized carbons (Fsp3) is 0.812. The van der Waals surface area contributed by atoms with Crippen molar-refractivity contribution in [1.82, 2.24) is 5.32 Å². The maximum Gasteiger partial charge on any atom is 0.407 e. The van der Waals surface area contributed by atoms with Crippen LogP contribution < -0.4 is 11.1 Å². The fourth-order valence-corrected chi connectivity index (χ4v) is 1.49. The summed E-state index contributed by atoms with van der Waals surface area (Å²) in [7, 11) is 0.